The molecular formula is C9H19N3O3. The molecule has 0 aliphatic heterocycles. The third-order valence-corrected chi connectivity index (χ3v) is 1.68. The van der Waals surface area contributed by atoms with Gasteiger partial charge in [0.15, 0.2) is 0 Å². The Morgan fingerprint density at radius 3 is 2.53 bits per heavy atom. The smallest absolute Gasteiger partial charge is 0.243 e. The van der Waals surface area contributed by atoms with Crippen molar-refractivity contribution < 1.29 is 14.3 Å². The summed E-state index contributed by atoms with van der Waals surface area (Å²) < 4.78 is 4.92. The van der Waals surface area contributed by atoms with Gasteiger partial charge in [-0.1, -0.05) is 0 Å². The highest BCUT2D eigenvalue weighted by Gasteiger charge is 2.01. The lowest BCUT2D eigenvalue weighted by Gasteiger charge is -2.10. The summed E-state index contributed by atoms with van der Waals surface area (Å²) in [4.78, 5) is 22.9. The van der Waals surface area contributed by atoms with Gasteiger partial charge in [-0.25, -0.2) is 0 Å². The Hall–Kier alpha value is -1.14. The molecule has 0 heterocycles. The van der Waals surface area contributed by atoms with E-state index in [4.69, 9.17) is 10.5 Å². The van der Waals surface area contributed by atoms with Crippen LogP contribution in [-0.2, 0) is 14.3 Å². The van der Waals surface area contributed by atoms with Gasteiger partial charge in [-0.15, -0.1) is 0 Å². The molecule has 88 valence electrons. The van der Waals surface area contributed by atoms with Crippen molar-refractivity contribution in [3.63, 3.8) is 0 Å². The SMILES string of the molecule is CN(C)C(=O)CCNCCOCC(N)=O. The van der Waals surface area contributed by atoms with Crippen LogP contribution in [0.15, 0.2) is 0 Å². The number of hydrogen-bond acceptors (Lipinski definition) is 4. The zero-order chi connectivity index (χ0) is 11.7. The summed E-state index contributed by atoms with van der Waals surface area (Å²) in [6.07, 6.45) is 0.461. The van der Waals surface area contributed by atoms with Gasteiger partial charge in [-0.2, -0.15) is 0 Å². The van der Waals surface area contributed by atoms with Gasteiger partial charge in [0.05, 0.1) is 6.61 Å². The second-order valence-corrected chi connectivity index (χ2v) is 3.31. The Balaban J connectivity index is 3.18. The predicted molar refractivity (Wildman–Crippen MR) is 56.2 cm³/mol. The number of hydrogen-bond donors (Lipinski definition) is 2. The van der Waals surface area contributed by atoms with E-state index in [-0.39, 0.29) is 12.5 Å². The highest BCUT2D eigenvalue weighted by Crippen LogP contribution is 1.84. The Morgan fingerprint density at radius 1 is 1.33 bits per heavy atom. The van der Waals surface area contributed by atoms with Crippen molar-refractivity contribution in [3.8, 4) is 0 Å². The van der Waals surface area contributed by atoms with Gasteiger partial charge < -0.3 is 20.7 Å². The minimum atomic E-state index is -0.474. The maximum Gasteiger partial charge on any atom is 0.243 e. The Morgan fingerprint density at radius 2 is 2.00 bits per heavy atom. The summed E-state index contributed by atoms with van der Waals surface area (Å²) in [5, 5.41) is 3.02. The number of carbonyl (C=O) groups is 2. The number of carbonyl (C=O) groups excluding carboxylic acids is 2. The third-order valence-electron chi connectivity index (χ3n) is 1.68. The normalized spacial score (nSPS) is 10.0. The van der Waals surface area contributed by atoms with E-state index >= 15 is 0 Å². The molecule has 0 saturated heterocycles. The fourth-order valence-electron chi connectivity index (χ4n) is 0.861. The van der Waals surface area contributed by atoms with Crippen molar-refractivity contribution in [2.24, 2.45) is 5.73 Å². The van der Waals surface area contributed by atoms with Crippen molar-refractivity contribution in [1.82, 2.24) is 10.2 Å². The lowest BCUT2D eigenvalue weighted by atomic mass is 10.4. The fourth-order valence-corrected chi connectivity index (χ4v) is 0.861. The van der Waals surface area contributed by atoms with Crippen LogP contribution >= 0.6 is 0 Å². The molecule has 0 bridgehead atoms. The van der Waals surface area contributed by atoms with Gasteiger partial charge >= 0.3 is 0 Å². The van der Waals surface area contributed by atoms with Crippen LogP contribution in [0.2, 0.25) is 0 Å². The lowest BCUT2D eigenvalue weighted by Crippen LogP contribution is -2.29. The minimum absolute atomic E-state index is 0.0572. The van der Waals surface area contributed by atoms with E-state index < -0.39 is 5.91 Å². The second-order valence-electron chi connectivity index (χ2n) is 3.31. The van der Waals surface area contributed by atoms with Gasteiger partial charge in [0, 0.05) is 33.6 Å². The third kappa shape index (κ3) is 9.17. The van der Waals surface area contributed by atoms with Crippen LogP contribution in [0.5, 0.6) is 0 Å². The molecule has 0 aromatic carbocycles. The molecule has 0 rings (SSSR count). The van der Waals surface area contributed by atoms with Crippen molar-refractivity contribution >= 4 is 11.8 Å². The molecule has 3 N–H and O–H groups in total. The van der Waals surface area contributed by atoms with E-state index in [9.17, 15) is 9.59 Å². The Labute approximate surface area is 89.7 Å². The maximum atomic E-state index is 11.1. The van der Waals surface area contributed by atoms with Crippen molar-refractivity contribution in [3.05, 3.63) is 0 Å². The largest absolute Gasteiger partial charge is 0.370 e. The molecule has 0 fully saturated rings. The summed E-state index contributed by atoms with van der Waals surface area (Å²) in [6.45, 7) is 1.57. The van der Waals surface area contributed by atoms with Crippen LogP contribution in [0.25, 0.3) is 0 Å². The average Bonchev–Trinajstić information content (AvgIpc) is 2.15. The average molecular weight is 217 g/mol. The fraction of sp³-hybridized carbons (Fsp3) is 0.778. The van der Waals surface area contributed by atoms with Crippen molar-refractivity contribution in [2.45, 2.75) is 6.42 Å². The van der Waals surface area contributed by atoms with Crippen LogP contribution in [0, 0.1) is 0 Å². The molecule has 2 amide bonds. The molecule has 15 heavy (non-hydrogen) atoms. The van der Waals surface area contributed by atoms with Crippen LogP contribution in [-0.4, -0.2) is 57.1 Å². The first-order chi connectivity index (χ1) is 7.04. The van der Waals surface area contributed by atoms with Crippen LogP contribution in [0.3, 0.4) is 0 Å². The highest BCUT2D eigenvalue weighted by molar-refractivity contribution is 5.75. The van der Waals surface area contributed by atoms with Gasteiger partial charge in [0.2, 0.25) is 11.8 Å². The van der Waals surface area contributed by atoms with E-state index in [2.05, 4.69) is 5.32 Å². The van der Waals surface area contributed by atoms with Gasteiger partial charge in [0.25, 0.3) is 0 Å². The molecule has 0 aromatic rings. The topological polar surface area (TPSA) is 84.7 Å². The number of primary amides is 1. The first kappa shape index (κ1) is 13.9. The van der Waals surface area contributed by atoms with Gasteiger partial charge in [0.1, 0.15) is 6.61 Å². The molecule has 0 unspecified atom stereocenters. The lowest BCUT2D eigenvalue weighted by molar-refractivity contribution is -0.128. The number of nitrogens with two attached hydrogens (primary N) is 1. The van der Waals surface area contributed by atoms with E-state index in [0.29, 0.717) is 26.1 Å². The first-order valence-corrected chi connectivity index (χ1v) is 4.81. The van der Waals surface area contributed by atoms with Crippen molar-refractivity contribution in [2.75, 3.05) is 40.4 Å². The van der Waals surface area contributed by atoms with E-state index in [1.807, 2.05) is 0 Å². The van der Waals surface area contributed by atoms with E-state index in [0.717, 1.165) is 0 Å². The molecule has 0 atom stereocenters. The van der Waals surface area contributed by atoms with Crippen LogP contribution < -0.4 is 11.1 Å². The number of nitrogens with one attached hydrogen (secondary N) is 1. The van der Waals surface area contributed by atoms with Crippen molar-refractivity contribution in [1.29, 1.82) is 0 Å². The summed E-state index contributed by atoms with van der Waals surface area (Å²) in [6, 6.07) is 0. The predicted octanol–water partition coefficient (Wildman–Crippen LogP) is -1.44. The zero-order valence-electron chi connectivity index (χ0n) is 9.28. The molecule has 0 aliphatic carbocycles. The zero-order valence-corrected chi connectivity index (χ0v) is 9.28. The van der Waals surface area contributed by atoms with Crippen LogP contribution in [0.4, 0.5) is 0 Å². The molecular weight excluding hydrogens is 198 g/mol. The summed E-state index contributed by atoms with van der Waals surface area (Å²) in [5.74, 6) is -0.390. The standard InChI is InChI=1S/C9H19N3O3/c1-12(2)9(14)3-4-11-5-6-15-7-8(10)13/h11H,3-7H2,1-2H3,(H2,10,13). The molecule has 0 aromatic heterocycles. The minimum Gasteiger partial charge on any atom is -0.370 e. The number of nitrogens with zero attached hydrogens (tertiary/aromatic N) is 1. The molecule has 0 spiro atoms. The van der Waals surface area contributed by atoms with Gasteiger partial charge in [-0.05, 0) is 0 Å². The quantitative estimate of drug-likeness (QED) is 0.487. The van der Waals surface area contributed by atoms with E-state index in [1.54, 1.807) is 19.0 Å². The maximum absolute atomic E-state index is 11.1. The Bertz CT molecular complexity index is 207. The molecule has 0 saturated carbocycles. The highest BCUT2D eigenvalue weighted by atomic mass is 16.5. The monoisotopic (exact) mass is 217 g/mol. The number of amides is 2. The number of rotatable bonds is 8. The van der Waals surface area contributed by atoms with Gasteiger partial charge in [-0.3, -0.25) is 9.59 Å². The molecule has 0 radical (unpaired) electrons. The second kappa shape index (κ2) is 8.19. The molecule has 6 heteroatoms. The Kier molecular flexibility index (Phi) is 7.57. The first-order valence-electron chi connectivity index (χ1n) is 4.81. The summed E-state index contributed by atoms with van der Waals surface area (Å²) in [5.41, 5.74) is 4.87. The van der Waals surface area contributed by atoms with Crippen LogP contribution in [0.1, 0.15) is 6.42 Å². The van der Waals surface area contributed by atoms with E-state index in [1.165, 1.54) is 0 Å². The molecule has 6 nitrogen and oxygen atoms in total. The molecule has 0 aliphatic rings. The number of ether oxygens (including phenoxy) is 1. The summed E-state index contributed by atoms with van der Waals surface area (Å²) in [7, 11) is 3.44. The summed E-state index contributed by atoms with van der Waals surface area (Å²) >= 11 is 0.